The van der Waals surface area contributed by atoms with Crippen LogP contribution in [0.1, 0.15) is 5.56 Å². The molecule has 1 N–H and O–H groups in total. The second kappa shape index (κ2) is 7.40. The molecule has 7 heteroatoms. The monoisotopic (exact) mass is 346 g/mol. The lowest BCUT2D eigenvalue weighted by atomic mass is 10.2. The fourth-order valence-corrected chi connectivity index (χ4v) is 2.60. The molecule has 0 aromatic heterocycles. The number of nitrogens with zero attached hydrogens (tertiary/aromatic N) is 1. The Kier molecular flexibility index (Phi) is 5.04. The zero-order valence-electron chi connectivity index (χ0n) is 14.0. The van der Waals surface area contributed by atoms with Crippen LogP contribution in [0, 0.1) is 5.82 Å². The quantitative estimate of drug-likeness (QED) is 0.871. The fraction of sp³-hybridized carbons (Fsp3) is 0.278. The topological polar surface area (TPSA) is 60.0 Å². The summed E-state index contributed by atoms with van der Waals surface area (Å²) in [4.78, 5) is 14.0. The Morgan fingerprint density at radius 2 is 2.04 bits per heavy atom. The number of ether oxygens (including phenoxy) is 3. The van der Waals surface area contributed by atoms with Crippen LogP contribution in [-0.2, 0) is 11.3 Å². The van der Waals surface area contributed by atoms with Gasteiger partial charge in [-0.25, -0.2) is 4.39 Å². The molecule has 2 aromatic rings. The SMILES string of the molecule is COc1ccc(CN(C)CC(=O)Nc2ccc3c(c2)OCO3)cc1F. The van der Waals surface area contributed by atoms with E-state index >= 15 is 0 Å². The minimum Gasteiger partial charge on any atom is -0.494 e. The van der Waals surface area contributed by atoms with E-state index in [0.29, 0.717) is 23.7 Å². The summed E-state index contributed by atoms with van der Waals surface area (Å²) in [6.45, 7) is 0.797. The van der Waals surface area contributed by atoms with Crippen molar-refractivity contribution < 1.29 is 23.4 Å². The molecule has 0 bridgehead atoms. The number of halogens is 1. The van der Waals surface area contributed by atoms with Crippen LogP contribution < -0.4 is 19.5 Å². The molecule has 1 heterocycles. The molecular formula is C18H19FN2O4. The fourth-order valence-electron chi connectivity index (χ4n) is 2.60. The normalized spacial score (nSPS) is 12.3. The number of fused-ring (bicyclic) bond motifs is 1. The number of anilines is 1. The zero-order chi connectivity index (χ0) is 17.8. The summed E-state index contributed by atoms with van der Waals surface area (Å²) in [5, 5.41) is 2.81. The van der Waals surface area contributed by atoms with Gasteiger partial charge in [0.25, 0.3) is 0 Å². The van der Waals surface area contributed by atoms with Crippen molar-refractivity contribution in [2.75, 3.05) is 32.8 Å². The third-order valence-electron chi connectivity index (χ3n) is 3.74. The summed E-state index contributed by atoms with van der Waals surface area (Å²) in [5.41, 5.74) is 1.40. The van der Waals surface area contributed by atoms with E-state index in [0.717, 1.165) is 5.56 Å². The minimum absolute atomic E-state index is 0.169. The standard InChI is InChI=1S/C18H19FN2O4/c1-21(9-12-3-5-15(23-2)14(19)7-12)10-18(22)20-13-4-6-16-17(8-13)25-11-24-16/h3-8H,9-11H2,1-2H3,(H,20,22). The Bertz CT molecular complexity index is 782. The second-order valence-electron chi connectivity index (χ2n) is 5.76. The summed E-state index contributed by atoms with van der Waals surface area (Å²) in [6.07, 6.45) is 0. The minimum atomic E-state index is -0.418. The molecular weight excluding hydrogens is 327 g/mol. The first-order valence-corrected chi connectivity index (χ1v) is 7.75. The van der Waals surface area contributed by atoms with Crippen LogP contribution in [0.15, 0.2) is 36.4 Å². The molecule has 1 aliphatic heterocycles. The molecule has 132 valence electrons. The average Bonchev–Trinajstić information content (AvgIpc) is 3.02. The van der Waals surface area contributed by atoms with Crippen LogP contribution in [0.4, 0.5) is 10.1 Å². The van der Waals surface area contributed by atoms with Gasteiger partial charge in [0.15, 0.2) is 23.1 Å². The number of benzene rings is 2. The highest BCUT2D eigenvalue weighted by molar-refractivity contribution is 5.92. The number of hydrogen-bond acceptors (Lipinski definition) is 5. The van der Waals surface area contributed by atoms with Crippen molar-refractivity contribution in [1.29, 1.82) is 0 Å². The third kappa shape index (κ3) is 4.19. The average molecular weight is 346 g/mol. The Morgan fingerprint density at radius 3 is 2.80 bits per heavy atom. The first kappa shape index (κ1) is 17.0. The smallest absolute Gasteiger partial charge is 0.238 e. The third-order valence-corrected chi connectivity index (χ3v) is 3.74. The molecule has 0 radical (unpaired) electrons. The van der Waals surface area contributed by atoms with E-state index in [2.05, 4.69) is 5.32 Å². The van der Waals surface area contributed by atoms with E-state index in [-0.39, 0.29) is 25.0 Å². The van der Waals surface area contributed by atoms with Crippen molar-refractivity contribution >= 4 is 11.6 Å². The number of methoxy groups -OCH3 is 1. The van der Waals surface area contributed by atoms with E-state index in [1.165, 1.54) is 13.2 Å². The lowest BCUT2D eigenvalue weighted by molar-refractivity contribution is -0.117. The van der Waals surface area contributed by atoms with Gasteiger partial charge < -0.3 is 19.5 Å². The van der Waals surface area contributed by atoms with Crippen LogP contribution in [0.5, 0.6) is 17.2 Å². The van der Waals surface area contributed by atoms with Crippen molar-refractivity contribution in [2.24, 2.45) is 0 Å². The van der Waals surface area contributed by atoms with Gasteiger partial charge in [0.1, 0.15) is 0 Å². The summed E-state index contributed by atoms with van der Waals surface area (Å²) < 4.78 is 29.1. The van der Waals surface area contributed by atoms with Gasteiger partial charge in [-0.15, -0.1) is 0 Å². The molecule has 3 rings (SSSR count). The lowest BCUT2D eigenvalue weighted by Gasteiger charge is -2.17. The predicted octanol–water partition coefficient (Wildman–Crippen LogP) is 2.63. The van der Waals surface area contributed by atoms with E-state index in [1.54, 1.807) is 42.3 Å². The number of rotatable bonds is 6. The van der Waals surface area contributed by atoms with Gasteiger partial charge in [-0.1, -0.05) is 6.07 Å². The van der Waals surface area contributed by atoms with Gasteiger partial charge >= 0.3 is 0 Å². The number of carbonyl (C=O) groups excluding carboxylic acids is 1. The van der Waals surface area contributed by atoms with Gasteiger partial charge in [-0.2, -0.15) is 0 Å². The van der Waals surface area contributed by atoms with E-state index in [9.17, 15) is 9.18 Å². The number of amides is 1. The predicted molar refractivity (Wildman–Crippen MR) is 90.5 cm³/mol. The van der Waals surface area contributed by atoms with Crippen LogP contribution >= 0.6 is 0 Å². The maximum atomic E-state index is 13.7. The van der Waals surface area contributed by atoms with Crippen molar-refractivity contribution in [1.82, 2.24) is 4.90 Å². The largest absolute Gasteiger partial charge is 0.494 e. The second-order valence-corrected chi connectivity index (χ2v) is 5.76. The first-order valence-electron chi connectivity index (χ1n) is 7.75. The zero-order valence-corrected chi connectivity index (χ0v) is 14.0. The number of carbonyl (C=O) groups is 1. The molecule has 0 fully saturated rings. The van der Waals surface area contributed by atoms with Crippen molar-refractivity contribution in [3.63, 3.8) is 0 Å². The van der Waals surface area contributed by atoms with Gasteiger partial charge in [-0.3, -0.25) is 9.69 Å². The summed E-state index contributed by atoms with van der Waals surface area (Å²) in [5.74, 6) is 0.886. The molecule has 0 unspecified atom stereocenters. The molecule has 0 saturated heterocycles. The number of likely N-dealkylation sites (N-methyl/N-ethyl adjacent to an activating group) is 1. The molecule has 0 saturated carbocycles. The van der Waals surface area contributed by atoms with Crippen molar-refractivity contribution in [3.8, 4) is 17.2 Å². The van der Waals surface area contributed by atoms with Gasteiger partial charge in [0.2, 0.25) is 12.7 Å². The molecule has 0 atom stereocenters. The molecule has 25 heavy (non-hydrogen) atoms. The van der Waals surface area contributed by atoms with Crippen LogP contribution in [-0.4, -0.2) is 38.3 Å². The highest BCUT2D eigenvalue weighted by atomic mass is 19.1. The van der Waals surface area contributed by atoms with Crippen LogP contribution in [0.3, 0.4) is 0 Å². The highest BCUT2D eigenvalue weighted by Gasteiger charge is 2.15. The molecule has 0 spiro atoms. The highest BCUT2D eigenvalue weighted by Crippen LogP contribution is 2.34. The van der Waals surface area contributed by atoms with Gasteiger partial charge in [0, 0.05) is 18.3 Å². The molecule has 1 amide bonds. The molecule has 6 nitrogen and oxygen atoms in total. The Hall–Kier alpha value is -2.80. The Labute approximate surface area is 145 Å². The summed E-state index contributed by atoms with van der Waals surface area (Å²) in [6, 6.07) is 9.98. The molecule has 1 aliphatic rings. The van der Waals surface area contributed by atoms with Crippen LogP contribution in [0.2, 0.25) is 0 Å². The van der Waals surface area contributed by atoms with Gasteiger partial charge in [0.05, 0.1) is 13.7 Å². The number of hydrogen-bond donors (Lipinski definition) is 1. The lowest BCUT2D eigenvalue weighted by Crippen LogP contribution is -2.29. The van der Waals surface area contributed by atoms with E-state index in [1.807, 2.05) is 0 Å². The van der Waals surface area contributed by atoms with E-state index < -0.39 is 5.82 Å². The van der Waals surface area contributed by atoms with E-state index in [4.69, 9.17) is 14.2 Å². The molecule has 2 aromatic carbocycles. The Balaban J connectivity index is 1.54. The van der Waals surface area contributed by atoms with Gasteiger partial charge in [-0.05, 0) is 36.9 Å². The van der Waals surface area contributed by atoms with Crippen LogP contribution in [0.25, 0.3) is 0 Å². The summed E-state index contributed by atoms with van der Waals surface area (Å²) in [7, 11) is 3.21. The maximum Gasteiger partial charge on any atom is 0.238 e. The molecule has 0 aliphatic carbocycles. The van der Waals surface area contributed by atoms with Crippen molar-refractivity contribution in [2.45, 2.75) is 6.54 Å². The Morgan fingerprint density at radius 1 is 1.24 bits per heavy atom. The first-order chi connectivity index (χ1) is 12.0. The van der Waals surface area contributed by atoms with Crippen molar-refractivity contribution in [3.05, 3.63) is 47.8 Å². The summed E-state index contributed by atoms with van der Waals surface area (Å²) >= 11 is 0. The number of nitrogens with one attached hydrogen (secondary N) is 1. The maximum absolute atomic E-state index is 13.7.